The number of rotatable bonds is 0. The van der Waals surface area contributed by atoms with Crippen LogP contribution < -0.4 is 0 Å². The Balaban J connectivity index is -0.00000000333. The molecule has 0 saturated carbocycles. The Hall–Kier alpha value is 1.74. The van der Waals surface area contributed by atoms with Crippen LogP contribution >= 0.6 is 33.6 Å². The van der Waals surface area contributed by atoms with Gasteiger partial charge in [-0.25, -0.2) is 0 Å². The van der Waals surface area contributed by atoms with Gasteiger partial charge in [-0.1, -0.05) is 0 Å². The molecule has 0 aromatic rings. The summed E-state index contributed by atoms with van der Waals surface area (Å²) in [6, 6.07) is 0. The molecule has 1 atom stereocenters. The summed E-state index contributed by atoms with van der Waals surface area (Å²) in [6.45, 7) is 0. The minimum Gasteiger partial charge on any atom is -1.00 e. The van der Waals surface area contributed by atoms with Crippen molar-refractivity contribution in [2.45, 2.75) is 0 Å². The van der Waals surface area contributed by atoms with Crippen LogP contribution in [0.1, 0.15) is 2.85 Å². The Labute approximate surface area is 63.4 Å². The van der Waals surface area contributed by atoms with Crippen molar-refractivity contribution in [1.82, 2.24) is 0 Å². The Morgan fingerprint density at radius 1 is 1.40 bits per heavy atom. The van der Waals surface area contributed by atoms with Crippen molar-refractivity contribution in [2.75, 3.05) is 0 Å². The van der Waals surface area contributed by atoms with Crippen LogP contribution in [0.2, 0.25) is 0 Å². The van der Waals surface area contributed by atoms with Gasteiger partial charge < -0.3 is 2.85 Å². The molecular formula is H5Cl2MgOP. The summed E-state index contributed by atoms with van der Waals surface area (Å²) in [6.07, 6.45) is 0. The average molecular weight is 147 g/mol. The average Bonchev–Trinajstić information content (AvgIpc) is 0.918. The van der Waals surface area contributed by atoms with E-state index in [9.17, 15) is 0 Å². The molecule has 0 amide bonds. The third-order valence-electron chi connectivity index (χ3n) is 0. The van der Waals surface area contributed by atoms with Crippen LogP contribution in [0.15, 0.2) is 0 Å². The zero-order valence-corrected chi connectivity index (χ0v) is 6.92. The van der Waals surface area contributed by atoms with Crippen LogP contribution in [-0.2, 0) is 3.84 Å². The van der Waals surface area contributed by atoms with Crippen LogP contribution in [0.5, 0.6) is 0 Å². The van der Waals surface area contributed by atoms with Crippen LogP contribution in [0.3, 0.4) is 0 Å². The molecule has 0 rings (SSSR count). The predicted octanol–water partition coefficient (Wildman–Crippen LogP) is 1.21. The van der Waals surface area contributed by atoms with Crippen molar-refractivity contribution in [3.8, 4) is 0 Å². The van der Waals surface area contributed by atoms with E-state index in [1.165, 1.54) is 0 Å². The molecular weight excluding hydrogens is 142 g/mol. The van der Waals surface area contributed by atoms with E-state index in [-0.39, 0.29) is 35.8 Å². The van der Waals surface area contributed by atoms with Crippen molar-refractivity contribution in [3.05, 3.63) is 0 Å². The predicted molar refractivity (Wildman–Crippen MR) is 31.9 cm³/mol. The Bertz CT molecular complexity index is 15.7. The molecule has 0 bridgehead atoms. The summed E-state index contributed by atoms with van der Waals surface area (Å²) >= 11 is 8.53. The molecule has 0 heterocycles. The molecule has 0 aliphatic rings. The molecule has 0 aliphatic carbocycles. The maximum atomic E-state index is 4.26. The fourth-order valence-electron chi connectivity index (χ4n) is 0. The third kappa shape index (κ3) is 26.6. The minimum atomic E-state index is 0. The summed E-state index contributed by atoms with van der Waals surface area (Å²) in [5, 5.41) is 0. The molecule has 1 unspecified atom stereocenters. The molecule has 0 aliphatic heterocycles. The summed E-state index contributed by atoms with van der Waals surface area (Å²) in [7, 11) is 0. The van der Waals surface area contributed by atoms with E-state index in [0.717, 1.165) is 0 Å². The van der Waals surface area contributed by atoms with Gasteiger partial charge in [-0.15, -0.1) is 0 Å². The van der Waals surface area contributed by atoms with Gasteiger partial charge in [0, 0.05) is 0 Å². The first-order valence-electron chi connectivity index (χ1n) is 0.309. The van der Waals surface area contributed by atoms with Gasteiger partial charge in [0.2, 0.25) is 0 Å². The van der Waals surface area contributed by atoms with Crippen LogP contribution in [0.4, 0.5) is 0 Å². The summed E-state index contributed by atoms with van der Waals surface area (Å²) in [5.41, 5.74) is 0. The third-order valence-corrected chi connectivity index (χ3v) is 0. The maximum Gasteiger partial charge on any atom is 2.00 e. The van der Waals surface area contributed by atoms with Gasteiger partial charge in [-0.2, -0.15) is 13.7 Å². The van der Waals surface area contributed by atoms with E-state index in [1.54, 1.807) is 0 Å². The largest absolute Gasteiger partial charge is 2.00 e. The van der Waals surface area contributed by atoms with E-state index >= 15 is 0 Å². The first kappa shape index (κ1) is 15.9. The normalized spacial score (nSPS) is 3.60. The van der Waals surface area contributed by atoms with Gasteiger partial charge in [0.25, 0.3) is 0 Å². The molecule has 0 aromatic heterocycles. The minimum absolute atomic E-state index is 0. The fourth-order valence-corrected chi connectivity index (χ4v) is 0. The van der Waals surface area contributed by atoms with E-state index in [4.69, 9.17) is 0 Å². The molecule has 0 spiro atoms. The summed E-state index contributed by atoms with van der Waals surface area (Å²) in [5.74, 6) is 0. The fraction of sp³-hybridized carbons (Fsp3) is 0. The second-order valence-corrected chi connectivity index (χ2v) is 0.525. The Morgan fingerprint density at radius 3 is 1.40 bits per heavy atom. The molecule has 0 saturated heterocycles. The van der Waals surface area contributed by atoms with E-state index in [2.05, 4.69) is 27.6 Å². The molecule has 0 aromatic carbocycles. The molecule has 5 heteroatoms. The molecule has 32 valence electrons. The summed E-state index contributed by atoms with van der Waals surface area (Å²) < 4.78 is 3.19. The van der Waals surface area contributed by atoms with Crippen molar-refractivity contribution < 1.29 is 6.70 Å². The molecule has 0 N–H and O–H groups in total. The van der Waals surface area contributed by atoms with Crippen LogP contribution in [0.25, 0.3) is 0 Å². The topological polar surface area (TPSA) is 9.23 Å². The number of hydrogen-bond acceptors (Lipinski definition) is 1. The number of hydrogen-bond donors (Lipinski definition) is 0. The van der Waals surface area contributed by atoms with Gasteiger partial charge in [0.1, 0.15) is 0 Å². The van der Waals surface area contributed by atoms with Crippen molar-refractivity contribution in [2.24, 2.45) is 0 Å². The van der Waals surface area contributed by atoms with Gasteiger partial charge in [-0.05, 0) is 0 Å². The van der Waals surface area contributed by atoms with E-state index < -0.39 is 0 Å². The zero-order chi connectivity index (χ0) is 2.71. The van der Waals surface area contributed by atoms with Crippen LogP contribution in [0, 0.1) is 0 Å². The first-order valence-corrected chi connectivity index (χ1v) is 0.926. The molecule has 5 heavy (non-hydrogen) atoms. The smallest absolute Gasteiger partial charge is 1.00 e. The Morgan fingerprint density at radius 2 is 1.40 bits per heavy atom. The van der Waals surface area contributed by atoms with Gasteiger partial charge in [-0.3, -0.25) is 0 Å². The van der Waals surface area contributed by atoms with Gasteiger partial charge >= 0.3 is 23.1 Å². The molecule has 0 fully saturated rings. The number of halogens is 2. The van der Waals surface area contributed by atoms with Crippen molar-refractivity contribution in [3.63, 3.8) is 0 Å². The second kappa shape index (κ2) is 17.2. The van der Waals surface area contributed by atoms with E-state index in [0.29, 0.717) is 0 Å². The maximum absolute atomic E-state index is 4.26. The van der Waals surface area contributed by atoms with Crippen LogP contribution in [-0.4, -0.2) is 23.1 Å². The standard InChI is InChI=1S/Cl2O.Mg.H3P.2H/c1-3-2;;;;/h;;1H3;;/q;+2;;2*-1. The SMILES string of the molecule is ClOCl.P.[H-].[H-].[Mg+2]. The zero-order valence-electron chi connectivity index (χ0n) is 4.58. The Kier molecular flexibility index (Phi) is 54.6. The molecule has 1 nitrogen and oxygen atoms in total. The second-order valence-electron chi connectivity index (χ2n) is 0.0583. The van der Waals surface area contributed by atoms with Crippen molar-refractivity contribution in [1.29, 1.82) is 0 Å². The van der Waals surface area contributed by atoms with Gasteiger partial charge in [0.15, 0.2) is 0 Å². The molecule has 0 radical (unpaired) electrons. The quantitative estimate of drug-likeness (QED) is 0.370. The summed E-state index contributed by atoms with van der Waals surface area (Å²) in [4.78, 5) is 0. The van der Waals surface area contributed by atoms with E-state index in [1.807, 2.05) is 0 Å². The van der Waals surface area contributed by atoms with Crippen molar-refractivity contribution >= 4 is 56.7 Å². The van der Waals surface area contributed by atoms with Gasteiger partial charge in [0.05, 0.1) is 23.7 Å². The monoisotopic (exact) mass is 146 g/mol. The first-order chi connectivity index (χ1) is 1.41.